The van der Waals surface area contributed by atoms with E-state index in [2.05, 4.69) is 30.2 Å². The van der Waals surface area contributed by atoms with Gasteiger partial charge in [-0.25, -0.2) is 4.99 Å². The van der Waals surface area contributed by atoms with E-state index < -0.39 is 5.66 Å². The maximum Gasteiger partial charge on any atom is 0.251 e. The van der Waals surface area contributed by atoms with Gasteiger partial charge in [-0.05, 0) is 49.4 Å². The lowest BCUT2D eigenvalue weighted by Crippen LogP contribution is -2.58. The number of rotatable bonds is 1. The molecule has 1 spiro atoms. The minimum absolute atomic E-state index is 0.0270. The fourth-order valence-corrected chi connectivity index (χ4v) is 4.42. The van der Waals surface area contributed by atoms with E-state index in [1.807, 2.05) is 17.0 Å². The van der Waals surface area contributed by atoms with Crippen LogP contribution in [-0.4, -0.2) is 30.0 Å². The summed E-state index contributed by atoms with van der Waals surface area (Å²) in [4.78, 5) is 23.2. The molecule has 26 heavy (non-hydrogen) atoms. The molecule has 0 atom stereocenters. The Labute approximate surface area is 153 Å². The van der Waals surface area contributed by atoms with Crippen molar-refractivity contribution in [1.29, 1.82) is 0 Å². The molecule has 138 valence electrons. The zero-order valence-corrected chi connectivity index (χ0v) is 15.4. The Bertz CT molecular complexity index is 819. The van der Waals surface area contributed by atoms with Gasteiger partial charge in [0, 0.05) is 23.2 Å². The summed E-state index contributed by atoms with van der Waals surface area (Å²) in [6.45, 7) is 4.88. The summed E-state index contributed by atoms with van der Waals surface area (Å²) < 4.78 is 0. The molecule has 3 aliphatic rings. The molecule has 1 aromatic rings. The molecule has 0 radical (unpaired) electrons. The lowest BCUT2D eigenvalue weighted by atomic mass is 9.78. The van der Waals surface area contributed by atoms with Gasteiger partial charge in [0.1, 0.15) is 5.66 Å². The molecule has 0 unspecified atom stereocenters. The van der Waals surface area contributed by atoms with Gasteiger partial charge in [-0.15, -0.1) is 0 Å². The number of fused-ring (bicyclic) bond motifs is 1. The van der Waals surface area contributed by atoms with E-state index in [1.54, 1.807) is 0 Å². The number of hydrogen-bond donors (Lipinski definition) is 3. The zero-order chi connectivity index (χ0) is 18.5. The van der Waals surface area contributed by atoms with Crippen LogP contribution < -0.4 is 21.7 Å². The number of aliphatic imine (C=N–C) groups is 2. The summed E-state index contributed by atoms with van der Waals surface area (Å²) >= 11 is 0. The second kappa shape index (κ2) is 5.72. The summed E-state index contributed by atoms with van der Waals surface area (Å²) in [5.41, 5.74) is 14.3. The Balaban J connectivity index is 1.83. The molecule has 0 saturated heterocycles. The second-order valence-electron chi connectivity index (χ2n) is 8.11. The average Bonchev–Trinajstić information content (AvgIpc) is 2.58. The molecule has 4 rings (SSSR count). The highest BCUT2D eigenvalue weighted by atomic mass is 16.1. The smallest absolute Gasteiger partial charge is 0.251 e. The quantitative estimate of drug-likeness (QED) is 0.714. The molecule has 1 saturated carbocycles. The highest BCUT2D eigenvalue weighted by molar-refractivity contribution is 6.06. The Morgan fingerprint density at radius 2 is 1.88 bits per heavy atom. The third kappa shape index (κ3) is 2.53. The van der Waals surface area contributed by atoms with Gasteiger partial charge in [-0.3, -0.25) is 9.69 Å². The zero-order valence-electron chi connectivity index (χ0n) is 15.4. The first kappa shape index (κ1) is 16.9. The van der Waals surface area contributed by atoms with Gasteiger partial charge >= 0.3 is 0 Å². The number of carbonyl (C=O) groups is 1. The maximum atomic E-state index is 12.3. The summed E-state index contributed by atoms with van der Waals surface area (Å²) in [6, 6.07) is 5.89. The topological polar surface area (TPSA) is 109 Å². The predicted octanol–water partition coefficient (Wildman–Crippen LogP) is 1.82. The lowest BCUT2D eigenvalue weighted by Gasteiger charge is -2.46. The predicted molar refractivity (Wildman–Crippen MR) is 103 cm³/mol. The standard InChI is InChI=1S/C19H26N6O/c1-18(2)11-22-15(26)13-7-6-12(10-14(13)18)25-17(21)23-16(20)24-19(25)8-4-3-5-9-19/h6-7,10H,3-5,8-9,11H2,1-2H3,(H,22,26)(H4,20,21,23,24). The van der Waals surface area contributed by atoms with E-state index >= 15 is 0 Å². The number of guanidine groups is 2. The Morgan fingerprint density at radius 1 is 1.15 bits per heavy atom. The average molecular weight is 354 g/mol. The van der Waals surface area contributed by atoms with Crippen molar-refractivity contribution in [2.24, 2.45) is 21.5 Å². The van der Waals surface area contributed by atoms with Crippen molar-refractivity contribution in [3.05, 3.63) is 29.3 Å². The van der Waals surface area contributed by atoms with Crippen LogP contribution in [0.1, 0.15) is 61.9 Å². The highest BCUT2D eigenvalue weighted by Crippen LogP contribution is 2.41. The first-order chi connectivity index (χ1) is 12.3. The van der Waals surface area contributed by atoms with E-state index in [0.29, 0.717) is 12.5 Å². The lowest BCUT2D eigenvalue weighted by molar-refractivity contribution is 0.0930. The van der Waals surface area contributed by atoms with E-state index in [1.165, 1.54) is 6.42 Å². The number of nitrogens with zero attached hydrogens (tertiary/aromatic N) is 3. The van der Waals surface area contributed by atoms with Crippen LogP contribution in [0.4, 0.5) is 5.69 Å². The molecule has 1 fully saturated rings. The summed E-state index contributed by atoms with van der Waals surface area (Å²) in [5.74, 6) is 0.594. The van der Waals surface area contributed by atoms with Crippen molar-refractivity contribution in [2.75, 3.05) is 11.4 Å². The molecule has 7 heteroatoms. The minimum Gasteiger partial charge on any atom is -0.369 e. The summed E-state index contributed by atoms with van der Waals surface area (Å²) in [5, 5.41) is 2.96. The summed E-state index contributed by atoms with van der Waals surface area (Å²) in [7, 11) is 0. The Kier molecular flexibility index (Phi) is 3.71. The van der Waals surface area contributed by atoms with Crippen LogP contribution in [0.25, 0.3) is 0 Å². The monoisotopic (exact) mass is 354 g/mol. The first-order valence-corrected chi connectivity index (χ1v) is 9.25. The molecular formula is C19H26N6O. The first-order valence-electron chi connectivity index (χ1n) is 9.25. The molecule has 0 bridgehead atoms. The number of nitrogens with two attached hydrogens (primary N) is 2. The molecule has 2 heterocycles. The molecule has 0 aromatic heterocycles. The van der Waals surface area contributed by atoms with Gasteiger partial charge in [0.2, 0.25) is 11.9 Å². The summed E-state index contributed by atoms with van der Waals surface area (Å²) in [6.07, 6.45) is 5.15. The SMILES string of the molecule is CC1(C)CNC(=O)c2ccc(N3C(N)=NC(N)=NC34CCCCC4)cc21. The third-order valence-corrected chi connectivity index (χ3v) is 5.78. The molecule has 5 N–H and O–H groups in total. The van der Waals surface area contributed by atoms with Crippen LogP contribution in [0, 0.1) is 0 Å². The van der Waals surface area contributed by atoms with Crippen molar-refractivity contribution in [2.45, 2.75) is 57.0 Å². The number of carbonyl (C=O) groups excluding carboxylic acids is 1. The highest BCUT2D eigenvalue weighted by Gasteiger charge is 2.43. The van der Waals surface area contributed by atoms with E-state index in [-0.39, 0.29) is 17.3 Å². The van der Waals surface area contributed by atoms with Crippen LogP contribution in [0.5, 0.6) is 0 Å². The van der Waals surface area contributed by atoms with Crippen molar-refractivity contribution in [3.63, 3.8) is 0 Å². The van der Waals surface area contributed by atoms with E-state index in [0.717, 1.165) is 42.5 Å². The van der Waals surface area contributed by atoms with Crippen molar-refractivity contribution in [1.82, 2.24) is 5.32 Å². The second-order valence-corrected chi connectivity index (χ2v) is 8.11. The van der Waals surface area contributed by atoms with Crippen LogP contribution in [-0.2, 0) is 5.41 Å². The number of anilines is 1. The minimum atomic E-state index is -0.469. The van der Waals surface area contributed by atoms with Gasteiger partial charge in [-0.1, -0.05) is 20.3 Å². The fourth-order valence-electron chi connectivity index (χ4n) is 4.42. The maximum absolute atomic E-state index is 12.3. The third-order valence-electron chi connectivity index (χ3n) is 5.78. The van der Waals surface area contributed by atoms with Crippen LogP contribution in [0.3, 0.4) is 0 Å². The van der Waals surface area contributed by atoms with Gasteiger partial charge < -0.3 is 16.8 Å². The number of amides is 1. The number of hydrogen-bond acceptors (Lipinski definition) is 6. The van der Waals surface area contributed by atoms with Gasteiger partial charge in [-0.2, -0.15) is 4.99 Å². The van der Waals surface area contributed by atoms with Gasteiger partial charge in [0.25, 0.3) is 5.91 Å². The fraction of sp³-hybridized carbons (Fsp3) is 0.526. The van der Waals surface area contributed by atoms with Crippen molar-refractivity contribution >= 4 is 23.5 Å². The van der Waals surface area contributed by atoms with E-state index in [4.69, 9.17) is 16.5 Å². The van der Waals surface area contributed by atoms with Gasteiger partial charge in [0.05, 0.1) is 0 Å². The molecule has 1 aliphatic carbocycles. The molecule has 1 amide bonds. The largest absolute Gasteiger partial charge is 0.369 e. The van der Waals surface area contributed by atoms with Crippen LogP contribution >= 0.6 is 0 Å². The molecular weight excluding hydrogens is 328 g/mol. The molecule has 2 aliphatic heterocycles. The number of benzene rings is 1. The van der Waals surface area contributed by atoms with Crippen molar-refractivity contribution in [3.8, 4) is 0 Å². The molecule has 1 aromatic carbocycles. The normalized spacial score (nSPS) is 23.8. The van der Waals surface area contributed by atoms with E-state index in [9.17, 15) is 4.79 Å². The molecule has 7 nitrogen and oxygen atoms in total. The Morgan fingerprint density at radius 3 is 2.62 bits per heavy atom. The number of nitrogens with one attached hydrogen (secondary N) is 1. The van der Waals surface area contributed by atoms with Gasteiger partial charge in [0.15, 0.2) is 0 Å². The van der Waals surface area contributed by atoms with Crippen LogP contribution in [0.2, 0.25) is 0 Å². The van der Waals surface area contributed by atoms with Crippen LogP contribution in [0.15, 0.2) is 28.2 Å². The Hall–Kier alpha value is -2.57. The van der Waals surface area contributed by atoms with Crippen molar-refractivity contribution < 1.29 is 4.79 Å².